The number of ether oxygens (including phenoxy) is 1. The first kappa shape index (κ1) is 14.9. The van der Waals surface area contributed by atoms with Crippen LogP contribution in [0.2, 0.25) is 5.02 Å². The fourth-order valence-electron chi connectivity index (χ4n) is 1.79. The average molecular weight is 301 g/mol. The molecule has 106 valence electrons. The van der Waals surface area contributed by atoms with Crippen molar-refractivity contribution in [2.75, 3.05) is 12.4 Å². The number of hydrogen-bond donors (Lipinski definition) is 1. The van der Waals surface area contributed by atoms with E-state index in [2.05, 4.69) is 5.32 Å². The molecule has 0 aliphatic rings. The topological polar surface area (TPSA) is 62.1 Å². The Morgan fingerprint density at radius 3 is 2.67 bits per heavy atom. The van der Waals surface area contributed by atoms with Gasteiger partial charge in [-0.15, -0.1) is 0 Å². The third kappa shape index (κ3) is 3.33. The van der Waals surface area contributed by atoms with Crippen LogP contribution in [0.15, 0.2) is 36.4 Å². The molecule has 1 N–H and O–H groups in total. The molecular formula is C16H13ClN2O2. The van der Waals surface area contributed by atoms with Crippen molar-refractivity contribution in [3.8, 4) is 11.8 Å². The van der Waals surface area contributed by atoms with Gasteiger partial charge in [0.2, 0.25) is 0 Å². The van der Waals surface area contributed by atoms with Gasteiger partial charge in [-0.3, -0.25) is 4.79 Å². The Kier molecular flexibility index (Phi) is 4.46. The van der Waals surface area contributed by atoms with E-state index in [4.69, 9.17) is 21.6 Å². The normalized spacial score (nSPS) is 9.81. The molecule has 4 nitrogen and oxygen atoms in total. The Balaban J connectivity index is 2.27. The van der Waals surface area contributed by atoms with Crippen LogP contribution < -0.4 is 10.1 Å². The first-order valence-corrected chi connectivity index (χ1v) is 6.58. The highest BCUT2D eigenvalue weighted by Crippen LogP contribution is 2.26. The minimum Gasteiger partial charge on any atom is -0.495 e. The smallest absolute Gasteiger partial charge is 0.255 e. The van der Waals surface area contributed by atoms with Crippen LogP contribution in [0.3, 0.4) is 0 Å². The quantitative estimate of drug-likeness (QED) is 0.938. The highest BCUT2D eigenvalue weighted by Gasteiger charge is 2.11. The van der Waals surface area contributed by atoms with Crippen LogP contribution in [0.5, 0.6) is 5.75 Å². The van der Waals surface area contributed by atoms with Crippen LogP contribution in [0, 0.1) is 18.3 Å². The zero-order chi connectivity index (χ0) is 15.4. The fourth-order valence-corrected chi connectivity index (χ4v) is 1.97. The van der Waals surface area contributed by atoms with Crippen LogP contribution in [0.1, 0.15) is 21.5 Å². The summed E-state index contributed by atoms with van der Waals surface area (Å²) in [7, 11) is 1.48. The average Bonchev–Trinajstić information content (AvgIpc) is 2.50. The van der Waals surface area contributed by atoms with Gasteiger partial charge in [-0.1, -0.05) is 17.7 Å². The van der Waals surface area contributed by atoms with Gasteiger partial charge in [0.1, 0.15) is 5.75 Å². The summed E-state index contributed by atoms with van der Waals surface area (Å²) in [4.78, 5) is 12.2. The summed E-state index contributed by atoms with van der Waals surface area (Å²) in [6, 6.07) is 11.9. The monoisotopic (exact) mass is 300 g/mol. The summed E-state index contributed by atoms with van der Waals surface area (Å²) in [5.41, 5.74) is 2.32. The molecule has 0 radical (unpaired) electrons. The predicted molar refractivity (Wildman–Crippen MR) is 81.9 cm³/mol. The number of anilines is 1. The molecule has 2 aromatic rings. The fraction of sp³-hybridized carbons (Fsp3) is 0.125. The van der Waals surface area contributed by atoms with Crippen molar-refractivity contribution in [3.63, 3.8) is 0 Å². The summed E-state index contributed by atoms with van der Waals surface area (Å²) >= 11 is 6.02. The van der Waals surface area contributed by atoms with Gasteiger partial charge in [-0.25, -0.2) is 0 Å². The number of nitrogens with zero attached hydrogens (tertiary/aromatic N) is 1. The van der Waals surface area contributed by atoms with E-state index >= 15 is 0 Å². The van der Waals surface area contributed by atoms with Crippen LogP contribution in [-0.2, 0) is 0 Å². The van der Waals surface area contributed by atoms with E-state index in [-0.39, 0.29) is 5.91 Å². The highest BCUT2D eigenvalue weighted by molar-refractivity contribution is 6.31. The van der Waals surface area contributed by atoms with Crippen molar-refractivity contribution in [1.82, 2.24) is 0 Å². The lowest BCUT2D eigenvalue weighted by molar-refractivity contribution is 0.102. The number of benzene rings is 2. The Bertz CT molecular complexity index is 736. The second kappa shape index (κ2) is 6.29. The number of carbonyl (C=O) groups is 1. The minimum atomic E-state index is -0.292. The number of amides is 1. The van der Waals surface area contributed by atoms with Gasteiger partial charge in [0.05, 0.1) is 24.4 Å². The van der Waals surface area contributed by atoms with Gasteiger partial charge in [0.15, 0.2) is 0 Å². The van der Waals surface area contributed by atoms with E-state index in [0.717, 1.165) is 5.56 Å². The predicted octanol–water partition coefficient (Wildman–Crippen LogP) is 3.78. The number of nitriles is 1. The minimum absolute atomic E-state index is 0.292. The number of nitrogens with one attached hydrogen (secondary N) is 1. The third-order valence-corrected chi connectivity index (χ3v) is 3.42. The molecule has 0 heterocycles. The van der Waals surface area contributed by atoms with Crippen LogP contribution in [0.4, 0.5) is 5.69 Å². The van der Waals surface area contributed by atoms with Crippen molar-refractivity contribution in [3.05, 3.63) is 58.1 Å². The Hall–Kier alpha value is -2.51. The Labute approximate surface area is 127 Å². The molecule has 0 fully saturated rings. The summed E-state index contributed by atoms with van der Waals surface area (Å²) in [6.07, 6.45) is 0. The number of hydrogen-bond acceptors (Lipinski definition) is 3. The molecule has 1 amide bonds. The second-order valence-electron chi connectivity index (χ2n) is 4.44. The van der Waals surface area contributed by atoms with Crippen LogP contribution >= 0.6 is 11.6 Å². The van der Waals surface area contributed by atoms with E-state index < -0.39 is 0 Å². The van der Waals surface area contributed by atoms with Crippen LogP contribution in [0.25, 0.3) is 0 Å². The van der Waals surface area contributed by atoms with Gasteiger partial charge in [0.25, 0.3) is 5.91 Å². The van der Waals surface area contributed by atoms with Gasteiger partial charge in [-0.05, 0) is 36.8 Å². The zero-order valence-corrected chi connectivity index (χ0v) is 12.4. The van der Waals surface area contributed by atoms with Crippen LogP contribution in [-0.4, -0.2) is 13.0 Å². The van der Waals surface area contributed by atoms with Crippen molar-refractivity contribution in [2.24, 2.45) is 0 Å². The van der Waals surface area contributed by atoms with E-state index in [1.54, 1.807) is 36.4 Å². The molecule has 0 spiro atoms. The van der Waals surface area contributed by atoms with E-state index in [1.165, 1.54) is 7.11 Å². The van der Waals surface area contributed by atoms with Gasteiger partial charge in [0, 0.05) is 16.7 Å². The Morgan fingerprint density at radius 2 is 2.05 bits per heavy atom. The maximum absolute atomic E-state index is 12.2. The van der Waals surface area contributed by atoms with Crippen molar-refractivity contribution in [1.29, 1.82) is 5.26 Å². The molecule has 0 saturated heterocycles. The maximum atomic E-state index is 12.2. The number of aryl methyl sites for hydroxylation is 1. The van der Waals surface area contributed by atoms with Crippen molar-refractivity contribution in [2.45, 2.75) is 6.92 Å². The standard InChI is InChI=1S/C16H13ClN2O2/c1-10-3-5-12(8-13(10)17)16(20)19-14-6-4-11(9-18)7-15(14)21-2/h3-8H,1-2H3,(H,19,20). The van der Waals surface area contributed by atoms with E-state index in [0.29, 0.717) is 27.6 Å². The van der Waals surface area contributed by atoms with Crippen molar-refractivity contribution >= 4 is 23.2 Å². The largest absolute Gasteiger partial charge is 0.495 e. The number of rotatable bonds is 3. The molecule has 0 saturated carbocycles. The van der Waals surface area contributed by atoms with Gasteiger partial charge < -0.3 is 10.1 Å². The molecule has 0 aromatic heterocycles. The van der Waals surface area contributed by atoms with E-state index in [1.807, 2.05) is 13.0 Å². The SMILES string of the molecule is COc1cc(C#N)ccc1NC(=O)c1ccc(C)c(Cl)c1. The second-order valence-corrected chi connectivity index (χ2v) is 4.85. The molecular weight excluding hydrogens is 288 g/mol. The van der Waals surface area contributed by atoms with E-state index in [9.17, 15) is 4.79 Å². The highest BCUT2D eigenvalue weighted by atomic mass is 35.5. The molecule has 2 aromatic carbocycles. The van der Waals surface area contributed by atoms with Gasteiger partial charge >= 0.3 is 0 Å². The third-order valence-electron chi connectivity index (χ3n) is 3.01. The Morgan fingerprint density at radius 1 is 1.29 bits per heavy atom. The molecule has 0 unspecified atom stereocenters. The molecule has 2 rings (SSSR count). The zero-order valence-electron chi connectivity index (χ0n) is 11.6. The lowest BCUT2D eigenvalue weighted by Crippen LogP contribution is -2.12. The molecule has 0 aliphatic carbocycles. The lowest BCUT2D eigenvalue weighted by Gasteiger charge is -2.11. The summed E-state index contributed by atoms with van der Waals surface area (Å²) in [5.74, 6) is 0.139. The number of halogens is 1. The summed E-state index contributed by atoms with van der Waals surface area (Å²) < 4.78 is 5.18. The molecule has 5 heteroatoms. The first-order valence-electron chi connectivity index (χ1n) is 6.21. The van der Waals surface area contributed by atoms with Crippen molar-refractivity contribution < 1.29 is 9.53 Å². The summed E-state index contributed by atoms with van der Waals surface area (Å²) in [5, 5.41) is 12.1. The molecule has 21 heavy (non-hydrogen) atoms. The lowest BCUT2D eigenvalue weighted by atomic mass is 10.1. The number of methoxy groups -OCH3 is 1. The van der Waals surface area contributed by atoms with Gasteiger partial charge in [-0.2, -0.15) is 5.26 Å². The molecule has 0 bridgehead atoms. The number of carbonyl (C=O) groups excluding carboxylic acids is 1. The first-order chi connectivity index (χ1) is 10.0. The molecule has 0 atom stereocenters. The molecule has 0 aliphatic heterocycles. The maximum Gasteiger partial charge on any atom is 0.255 e. The summed E-state index contributed by atoms with van der Waals surface area (Å²) in [6.45, 7) is 1.87.